The zero-order valence-corrected chi connectivity index (χ0v) is 20.6. The normalized spacial score (nSPS) is 15.1. The van der Waals surface area contributed by atoms with Crippen LogP contribution in [0.25, 0.3) is 27.7 Å². The number of nitrogen functional groups attached to an aromatic ring is 1. The molecule has 0 radical (unpaired) electrons. The van der Waals surface area contributed by atoms with E-state index in [0.717, 1.165) is 33.2 Å². The van der Waals surface area contributed by atoms with Gasteiger partial charge in [-0.15, -0.1) is 0 Å². The molecule has 0 aliphatic carbocycles. The Labute approximate surface area is 218 Å². The molecule has 3 aromatic carbocycles. The molecule has 7 nitrogen and oxygen atoms in total. The standard InChI is InChI=1S/C30H26FN3O4/c31-22-14-21(30(29(35)36)7-11-37-12-8-30)15-24(16-22)38-18-19-1-6-25-26(20-2-4-23(32)5-3-20)17-28-33-9-10-34(28)27(25)13-19/h1-6,9-10,13-17H,7-8,11-12,18,32H2,(H,35,36). The summed E-state index contributed by atoms with van der Waals surface area (Å²) in [5, 5.41) is 11.0. The first-order valence-electron chi connectivity index (χ1n) is 12.4. The molecule has 1 aliphatic rings. The first kappa shape index (κ1) is 23.9. The summed E-state index contributed by atoms with van der Waals surface area (Å²) >= 11 is 0. The minimum absolute atomic E-state index is 0.185. The monoisotopic (exact) mass is 511 g/mol. The molecule has 3 N–H and O–H groups in total. The van der Waals surface area contributed by atoms with Crippen molar-refractivity contribution in [2.75, 3.05) is 18.9 Å². The van der Waals surface area contributed by atoms with Crippen molar-refractivity contribution in [2.45, 2.75) is 24.9 Å². The third kappa shape index (κ3) is 4.22. The highest BCUT2D eigenvalue weighted by Crippen LogP contribution is 2.38. The number of hydrogen-bond donors (Lipinski definition) is 2. The van der Waals surface area contributed by atoms with E-state index in [0.29, 0.717) is 24.5 Å². The van der Waals surface area contributed by atoms with Gasteiger partial charge in [-0.05, 0) is 71.5 Å². The average molecular weight is 512 g/mol. The lowest BCUT2D eigenvalue weighted by Crippen LogP contribution is -2.41. The molecule has 6 rings (SSSR count). The highest BCUT2D eigenvalue weighted by atomic mass is 19.1. The number of benzene rings is 3. The second-order valence-corrected chi connectivity index (χ2v) is 9.65. The number of fused-ring (bicyclic) bond motifs is 3. The molecule has 0 bridgehead atoms. The summed E-state index contributed by atoms with van der Waals surface area (Å²) in [7, 11) is 0. The average Bonchev–Trinajstić information content (AvgIpc) is 3.41. The van der Waals surface area contributed by atoms with E-state index in [2.05, 4.69) is 4.98 Å². The molecule has 0 amide bonds. The number of carbonyl (C=O) groups is 1. The van der Waals surface area contributed by atoms with Gasteiger partial charge in [0, 0.05) is 42.7 Å². The molecular weight excluding hydrogens is 485 g/mol. The number of nitrogens with two attached hydrogens (primary N) is 1. The van der Waals surface area contributed by atoms with E-state index in [4.69, 9.17) is 15.2 Å². The Kier molecular flexibility index (Phi) is 5.96. The van der Waals surface area contributed by atoms with Crippen molar-refractivity contribution in [2.24, 2.45) is 0 Å². The predicted molar refractivity (Wildman–Crippen MR) is 143 cm³/mol. The molecule has 0 atom stereocenters. The van der Waals surface area contributed by atoms with E-state index in [9.17, 15) is 14.3 Å². The van der Waals surface area contributed by atoms with E-state index in [-0.39, 0.29) is 25.2 Å². The molecule has 1 saturated heterocycles. The SMILES string of the molecule is Nc1ccc(-c2cc3nccn3c3cc(COc4cc(F)cc(C5(C(=O)O)CCOCC5)c4)ccc23)cc1. The Balaban J connectivity index is 1.34. The fourth-order valence-electron chi connectivity index (χ4n) is 5.26. The summed E-state index contributed by atoms with van der Waals surface area (Å²) in [5.41, 5.74) is 10.5. The summed E-state index contributed by atoms with van der Waals surface area (Å²) in [6, 6.07) is 20.0. The molecule has 8 heteroatoms. The lowest BCUT2D eigenvalue weighted by Gasteiger charge is -2.33. The number of rotatable bonds is 6. The van der Waals surface area contributed by atoms with Gasteiger partial charge in [-0.2, -0.15) is 0 Å². The molecule has 0 spiro atoms. The maximum atomic E-state index is 14.6. The van der Waals surface area contributed by atoms with Gasteiger partial charge in [-0.1, -0.05) is 24.3 Å². The molecule has 1 aliphatic heterocycles. The Hall–Kier alpha value is -4.43. The van der Waals surface area contributed by atoms with Crippen LogP contribution in [0.15, 0.2) is 79.1 Å². The summed E-state index contributed by atoms with van der Waals surface area (Å²) in [6.07, 6.45) is 4.24. The van der Waals surface area contributed by atoms with Crippen LogP contribution in [0.5, 0.6) is 5.75 Å². The summed E-state index contributed by atoms with van der Waals surface area (Å²) in [5.74, 6) is -1.22. The molecule has 0 unspecified atom stereocenters. The van der Waals surface area contributed by atoms with Gasteiger partial charge in [0.2, 0.25) is 0 Å². The number of carboxylic acid groups (broad SMARTS) is 1. The molecule has 0 saturated carbocycles. The van der Waals surface area contributed by atoms with Crippen LogP contribution >= 0.6 is 0 Å². The minimum Gasteiger partial charge on any atom is -0.489 e. The van der Waals surface area contributed by atoms with Crippen LogP contribution in [0.1, 0.15) is 24.0 Å². The van der Waals surface area contributed by atoms with Crippen LogP contribution in [0.4, 0.5) is 10.1 Å². The molecule has 2 aromatic heterocycles. The minimum atomic E-state index is -1.19. The Morgan fingerprint density at radius 3 is 2.63 bits per heavy atom. The number of pyridine rings is 1. The van der Waals surface area contributed by atoms with Gasteiger partial charge >= 0.3 is 5.97 Å². The fraction of sp³-hybridized carbons (Fsp3) is 0.200. The topological polar surface area (TPSA) is 99.1 Å². The lowest BCUT2D eigenvalue weighted by molar-refractivity contribution is -0.147. The summed E-state index contributed by atoms with van der Waals surface area (Å²) < 4.78 is 28.0. The van der Waals surface area contributed by atoms with Crippen LogP contribution in [0.3, 0.4) is 0 Å². The summed E-state index contributed by atoms with van der Waals surface area (Å²) in [6.45, 7) is 0.818. The largest absolute Gasteiger partial charge is 0.489 e. The first-order valence-corrected chi connectivity index (χ1v) is 12.4. The van der Waals surface area contributed by atoms with Gasteiger partial charge in [0.25, 0.3) is 0 Å². The van der Waals surface area contributed by atoms with Crippen molar-refractivity contribution < 1.29 is 23.8 Å². The Bertz CT molecular complexity index is 1660. The van der Waals surface area contributed by atoms with Crippen LogP contribution < -0.4 is 10.5 Å². The molecule has 38 heavy (non-hydrogen) atoms. The number of halogens is 1. The third-order valence-electron chi connectivity index (χ3n) is 7.36. The van der Waals surface area contributed by atoms with Crippen molar-refractivity contribution in [1.82, 2.24) is 9.38 Å². The Morgan fingerprint density at radius 1 is 1.08 bits per heavy atom. The van der Waals surface area contributed by atoms with Crippen molar-refractivity contribution in [1.29, 1.82) is 0 Å². The van der Waals surface area contributed by atoms with E-state index >= 15 is 0 Å². The molecule has 1 fully saturated rings. The van der Waals surface area contributed by atoms with Gasteiger partial charge in [-0.3, -0.25) is 9.20 Å². The quantitative estimate of drug-likeness (QED) is 0.289. The zero-order valence-electron chi connectivity index (χ0n) is 20.6. The lowest BCUT2D eigenvalue weighted by atomic mass is 9.74. The second kappa shape index (κ2) is 9.46. The first-order chi connectivity index (χ1) is 18.4. The van der Waals surface area contributed by atoms with Gasteiger partial charge in [0.15, 0.2) is 0 Å². The van der Waals surface area contributed by atoms with Crippen LogP contribution in [0, 0.1) is 5.82 Å². The van der Waals surface area contributed by atoms with Gasteiger partial charge < -0.3 is 20.3 Å². The van der Waals surface area contributed by atoms with Crippen molar-refractivity contribution in [3.05, 3.63) is 96.1 Å². The number of aliphatic carboxylic acids is 1. The third-order valence-corrected chi connectivity index (χ3v) is 7.36. The number of anilines is 1. The maximum Gasteiger partial charge on any atom is 0.314 e. The summed E-state index contributed by atoms with van der Waals surface area (Å²) in [4.78, 5) is 16.7. The Morgan fingerprint density at radius 2 is 1.87 bits per heavy atom. The molecule has 192 valence electrons. The van der Waals surface area contributed by atoms with E-state index in [1.54, 1.807) is 12.3 Å². The number of hydrogen-bond acceptors (Lipinski definition) is 5. The van der Waals surface area contributed by atoms with E-state index in [1.807, 2.05) is 59.1 Å². The van der Waals surface area contributed by atoms with Crippen molar-refractivity contribution in [3.8, 4) is 16.9 Å². The van der Waals surface area contributed by atoms with E-state index in [1.165, 1.54) is 12.1 Å². The number of ether oxygens (including phenoxy) is 2. The van der Waals surface area contributed by atoms with Crippen molar-refractivity contribution >= 4 is 28.2 Å². The van der Waals surface area contributed by atoms with Crippen molar-refractivity contribution in [3.63, 3.8) is 0 Å². The second-order valence-electron chi connectivity index (χ2n) is 9.65. The number of imidazole rings is 1. The number of carboxylic acids is 1. The van der Waals surface area contributed by atoms with Crippen LogP contribution in [0.2, 0.25) is 0 Å². The van der Waals surface area contributed by atoms with E-state index < -0.39 is 17.2 Å². The predicted octanol–water partition coefficient (Wildman–Crippen LogP) is 5.59. The number of aromatic nitrogens is 2. The molecule has 5 aromatic rings. The molecule has 3 heterocycles. The smallest absolute Gasteiger partial charge is 0.314 e. The zero-order chi connectivity index (χ0) is 26.3. The van der Waals surface area contributed by atoms with Gasteiger partial charge in [0.05, 0.1) is 10.9 Å². The van der Waals surface area contributed by atoms with Crippen LogP contribution in [-0.4, -0.2) is 33.7 Å². The fourth-order valence-corrected chi connectivity index (χ4v) is 5.26. The van der Waals surface area contributed by atoms with Crippen LogP contribution in [-0.2, 0) is 21.6 Å². The number of nitrogens with zero attached hydrogens (tertiary/aromatic N) is 2. The molecular formula is C30H26FN3O4. The maximum absolute atomic E-state index is 14.6. The van der Waals surface area contributed by atoms with Gasteiger partial charge in [-0.25, -0.2) is 9.37 Å². The highest BCUT2D eigenvalue weighted by Gasteiger charge is 2.42. The highest BCUT2D eigenvalue weighted by molar-refractivity contribution is 5.97. The van der Waals surface area contributed by atoms with Gasteiger partial charge in [0.1, 0.15) is 23.8 Å².